The number of carbonyl (C=O) groups excluding carboxylic acids is 2. The van der Waals surface area contributed by atoms with Crippen LogP contribution in [-0.2, 0) is 0 Å². The summed E-state index contributed by atoms with van der Waals surface area (Å²) in [4.78, 5) is 20.7. The Labute approximate surface area is 115 Å². The molecular weight excluding hydrogens is 236 g/mol. The molecule has 0 saturated carbocycles. The summed E-state index contributed by atoms with van der Waals surface area (Å²) in [5, 5.41) is 0. The van der Waals surface area contributed by atoms with E-state index in [1.807, 2.05) is 62.4 Å². The number of rotatable bonds is 2. The molecule has 0 radical (unpaired) electrons. The summed E-state index contributed by atoms with van der Waals surface area (Å²) in [6.45, 7) is 5.56. The summed E-state index contributed by atoms with van der Waals surface area (Å²) in [5.74, 6) is 0.121. The summed E-state index contributed by atoms with van der Waals surface area (Å²) < 4.78 is 0. The molecule has 19 heavy (non-hydrogen) atoms. The van der Waals surface area contributed by atoms with Crippen molar-refractivity contribution in [1.82, 2.24) is 0 Å². The molecule has 2 nitrogen and oxygen atoms in total. The second-order valence-corrected chi connectivity index (χ2v) is 3.45. The first-order valence-electron chi connectivity index (χ1n) is 6.30. The normalized spacial score (nSPS) is 8.16. The van der Waals surface area contributed by atoms with E-state index in [4.69, 9.17) is 0 Å². The van der Waals surface area contributed by atoms with Gasteiger partial charge in [0.25, 0.3) is 0 Å². The summed E-state index contributed by atoms with van der Waals surface area (Å²) in [7, 11) is 0. The van der Waals surface area contributed by atoms with Crippen LogP contribution in [0, 0.1) is 0 Å². The highest BCUT2D eigenvalue weighted by molar-refractivity contribution is 5.93. The van der Waals surface area contributed by atoms with E-state index in [1.54, 1.807) is 19.1 Å². The van der Waals surface area contributed by atoms with Crippen molar-refractivity contribution < 1.29 is 9.59 Å². The number of carbonyl (C=O) groups is 2. The lowest BCUT2D eigenvalue weighted by Gasteiger charge is -1.89. The van der Waals surface area contributed by atoms with Crippen LogP contribution in [0.25, 0.3) is 0 Å². The molecule has 0 heterocycles. The molecule has 0 aliphatic rings. The van der Waals surface area contributed by atoms with Crippen molar-refractivity contribution >= 4 is 12.1 Å². The Morgan fingerprint density at radius 1 is 0.842 bits per heavy atom. The van der Waals surface area contributed by atoms with Crippen molar-refractivity contribution in [1.29, 1.82) is 0 Å². The number of hydrogen-bond acceptors (Lipinski definition) is 2. The fourth-order valence-corrected chi connectivity index (χ4v) is 1.20. The molecular formula is C17H20O2. The van der Waals surface area contributed by atoms with Gasteiger partial charge in [-0.2, -0.15) is 0 Å². The zero-order valence-electron chi connectivity index (χ0n) is 11.7. The molecule has 0 N–H and O–H groups in total. The molecule has 2 aromatic carbocycles. The molecule has 0 bridgehead atoms. The van der Waals surface area contributed by atoms with Gasteiger partial charge in [-0.25, -0.2) is 0 Å². The fraction of sp³-hybridized carbons (Fsp3) is 0.176. The molecule has 0 spiro atoms. The van der Waals surface area contributed by atoms with E-state index in [2.05, 4.69) is 0 Å². The van der Waals surface area contributed by atoms with E-state index in [9.17, 15) is 9.59 Å². The zero-order chi connectivity index (χ0) is 14.5. The van der Waals surface area contributed by atoms with Crippen LogP contribution >= 0.6 is 0 Å². The highest BCUT2D eigenvalue weighted by Crippen LogP contribution is 1.97. The second-order valence-electron chi connectivity index (χ2n) is 3.45. The van der Waals surface area contributed by atoms with Crippen LogP contribution in [0.2, 0.25) is 0 Å². The molecule has 0 aromatic heterocycles. The van der Waals surface area contributed by atoms with Gasteiger partial charge in [0.1, 0.15) is 6.29 Å². The fourth-order valence-electron chi connectivity index (χ4n) is 1.20. The Bertz CT molecular complexity index is 461. The maximum Gasteiger partial charge on any atom is 0.159 e. The van der Waals surface area contributed by atoms with Crippen LogP contribution in [0.4, 0.5) is 0 Å². The molecule has 0 unspecified atom stereocenters. The van der Waals surface area contributed by atoms with E-state index >= 15 is 0 Å². The summed E-state index contributed by atoms with van der Waals surface area (Å²) in [6, 6.07) is 18.3. The minimum atomic E-state index is 0.121. The van der Waals surface area contributed by atoms with Gasteiger partial charge in [0.2, 0.25) is 0 Å². The number of aldehydes is 1. The zero-order valence-corrected chi connectivity index (χ0v) is 11.7. The van der Waals surface area contributed by atoms with Gasteiger partial charge in [-0.3, -0.25) is 9.59 Å². The monoisotopic (exact) mass is 256 g/mol. The van der Waals surface area contributed by atoms with Crippen molar-refractivity contribution in [3.8, 4) is 0 Å². The smallest absolute Gasteiger partial charge is 0.159 e. The van der Waals surface area contributed by atoms with E-state index in [0.29, 0.717) is 0 Å². The molecule has 2 rings (SSSR count). The highest BCUT2D eigenvalue weighted by Gasteiger charge is 1.92. The van der Waals surface area contributed by atoms with Gasteiger partial charge in [-0.05, 0) is 6.92 Å². The lowest BCUT2D eigenvalue weighted by Crippen LogP contribution is -1.88. The largest absolute Gasteiger partial charge is 0.298 e. The standard InChI is InChI=1S/C8H8O.C7H6O.C2H6/c1-7(9)8-5-3-2-4-6-8;8-6-7-4-2-1-3-5-7;1-2/h2-6H,1H3;1-6H;1-2H3. The van der Waals surface area contributed by atoms with Crippen molar-refractivity contribution in [2.24, 2.45) is 0 Å². The average molecular weight is 256 g/mol. The third kappa shape index (κ3) is 7.66. The Balaban J connectivity index is 0.000000303. The molecule has 0 aliphatic heterocycles. The van der Waals surface area contributed by atoms with Gasteiger partial charge in [-0.15, -0.1) is 0 Å². The van der Waals surface area contributed by atoms with Gasteiger partial charge < -0.3 is 0 Å². The van der Waals surface area contributed by atoms with Gasteiger partial charge in [0.05, 0.1) is 0 Å². The molecule has 0 fully saturated rings. The Morgan fingerprint density at radius 3 is 1.53 bits per heavy atom. The molecule has 0 atom stereocenters. The maximum atomic E-state index is 10.6. The summed E-state index contributed by atoms with van der Waals surface area (Å²) >= 11 is 0. The van der Waals surface area contributed by atoms with Crippen molar-refractivity contribution in [3.63, 3.8) is 0 Å². The lowest BCUT2D eigenvalue weighted by molar-refractivity contribution is 0.101. The molecule has 100 valence electrons. The first-order chi connectivity index (χ1) is 9.24. The average Bonchev–Trinajstić information content (AvgIpc) is 2.51. The number of ketones is 1. The quantitative estimate of drug-likeness (QED) is 0.589. The van der Waals surface area contributed by atoms with E-state index < -0.39 is 0 Å². The predicted octanol–water partition coefficient (Wildman–Crippen LogP) is 4.41. The van der Waals surface area contributed by atoms with Gasteiger partial charge in [0, 0.05) is 11.1 Å². The molecule has 0 amide bonds. The van der Waals surface area contributed by atoms with Crippen LogP contribution < -0.4 is 0 Å². The Kier molecular flexibility index (Phi) is 9.63. The second kappa shape index (κ2) is 10.9. The Hall–Kier alpha value is -2.22. The van der Waals surface area contributed by atoms with Gasteiger partial charge >= 0.3 is 0 Å². The van der Waals surface area contributed by atoms with Crippen LogP contribution in [0.1, 0.15) is 41.5 Å². The maximum absolute atomic E-state index is 10.6. The molecule has 0 saturated heterocycles. The Morgan fingerprint density at radius 2 is 1.26 bits per heavy atom. The topological polar surface area (TPSA) is 34.1 Å². The van der Waals surface area contributed by atoms with E-state index in [0.717, 1.165) is 17.4 Å². The van der Waals surface area contributed by atoms with Crippen LogP contribution in [0.15, 0.2) is 60.7 Å². The molecule has 2 aromatic rings. The van der Waals surface area contributed by atoms with Crippen LogP contribution in [0.3, 0.4) is 0 Å². The number of Topliss-reactive ketones (excluding diaryl/α,β-unsaturated/α-hetero) is 1. The van der Waals surface area contributed by atoms with Crippen molar-refractivity contribution in [2.45, 2.75) is 20.8 Å². The van der Waals surface area contributed by atoms with Gasteiger partial charge in [-0.1, -0.05) is 74.5 Å². The first kappa shape index (κ1) is 16.8. The summed E-state index contributed by atoms with van der Waals surface area (Å²) in [5.41, 5.74) is 1.50. The first-order valence-corrected chi connectivity index (χ1v) is 6.30. The van der Waals surface area contributed by atoms with Crippen molar-refractivity contribution in [3.05, 3.63) is 71.8 Å². The molecule has 2 heteroatoms. The minimum absolute atomic E-state index is 0.121. The number of benzene rings is 2. The summed E-state index contributed by atoms with van der Waals surface area (Å²) in [6.07, 6.45) is 0.833. The number of hydrogen-bond donors (Lipinski definition) is 0. The highest BCUT2D eigenvalue weighted by atomic mass is 16.1. The third-order valence-electron chi connectivity index (χ3n) is 2.12. The SMILES string of the molecule is CC.CC(=O)c1ccccc1.O=Cc1ccccc1. The van der Waals surface area contributed by atoms with Crippen LogP contribution in [-0.4, -0.2) is 12.1 Å². The van der Waals surface area contributed by atoms with Gasteiger partial charge in [0.15, 0.2) is 5.78 Å². The van der Waals surface area contributed by atoms with Crippen molar-refractivity contribution in [2.75, 3.05) is 0 Å². The third-order valence-corrected chi connectivity index (χ3v) is 2.12. The van der Waals surface area contributed by atoms with Crippen LogP contribution in [0.5, 0.6) is 0 Å². The lowest BCUT2D eigenvalue weighted by atomic mass is 10.2. The predicted molar refractivity (Wildman–Crippen MR) is 79.6 cm³/mol. The van der Waals surface area contributed by atoms with E-state index in [1.165, 1.54) is 0 Å². The van der Waals surface area contributed by atoms with E-state index in [-0.39, 0.29) is 5.78 Å². The molecule has 0 aliphatic carbocycles. The minimum Gasteiger partial charge on any atom is -0.298 e.